The highest BCUT2D eigenvalue weighted by Crippen LogP contribution is 2.30. The molecule has 0 saturated heterocycles. The van der Waals surface area contributed by atoms with E-state index in [1.165, 1.54) is 83.6 Å². The van der Waals surface area contributed by atoms with Crippen molar-refractivity contribution < 1.29 is 0 Å². The highest BCUT2D eigenvalue weighted by atomic mass is 14.9. The molecule has 20 heavy (non-hydrogen) atoms. The lowest BCUT2D eigenvalue weighted by atomic mass is 9.83. The van der Waals surface area contributed by atoms with Crippen molar-refractivity contribution in [3.8, 4) is 0 Å². The number of hydrogen-bond donors (Lipinski definition) is 1. The standard InChI is InChI=1S/C19H39N/c1-4-7-12-17(6-3)16-19(20-15-5-2)18-13-10-8-9-11-14-18/h17-20H,4-16H2,1-3H3. The number of rotatable bonds is 10. The summed E-state index contributed by atoms with van der Waals surface area (Å²) in [4.78, 5) is 0. The monoisotopic (exact) mass is 281 g/mol. The van der Waals surface area contributed by atoms with Crippen molar-refractivity contribution in [3.05, 3.63) is 0 Å². The van der Waals surface area contributed by atoms with Gasteiger partial charge >= 0.3 is 0 Å². The second-order valence-electron chi connectivity index (χ2n) is 6.96. The first-order valence-corrected chi connectivity index (χ1v) is 9.55. The van der Waals surface area contributed by atoms with E-state index in [0.717, 1.165) is 17.9 Å². The average Bonchev–Trinajstić information content (AvgIpc) is 2.76. The molecule has 0 aromatic heterocycles. The van der Waals surface area contributed by atoms with Gasteiger partial charge < -0.3 is 5.32 Å². The lowest BCUT2D eigenvalue weighted by molar-refractivity contribution is 0.256. The van der Waals surface area contributed by atoms with Gasteiger partial charge in [0.2, 0.25) is 0 Å². The molecule has 0 spiro atoms. The van der Waals surface area contributed by atoms with Gasteiger partial charge in [0.15, 0.2) is 0 Å². The maximum absolute atomic E-state index is 3.91. The van der Waals surface area contributed by atoms with E-state index in [0.29, 0.717) is 0 Å². The summed E-state index contributed by atoms with van der Waals surface area (Å²) in [5, 5.41) is 3.91. The van der Waals surface area contributed by atoms with Crippen LogP contribution in [-0.2, 0) is 0 Å². The smallest absolute Gasteiger partial charge is 0.00979 e. The minimum atomic E-state index is 0.801. The van der Waals surface area contributed by atoms with Gasteiger partial charge in [-0.2, -0.15) is 0 Å². The molecule has 1 saturated carbocycles. The molecule has 0 amide bonds. The Morgan fingerprint density at radius 1 is 0.950 bits per heavy atom. The fourth-order valence-corrected chi connectivity index (χ4v) is 3.83. The van der Waals surface area contributed by atoms with E-state index in [-0.39, 0.29) is 0 Å². The summed E-state index contributed by atoms with van der Waals surface area (Å²) in [5.74, 6) is 1.91. The predicted octanol–water partition coefficient (Wildman–Crippen LogP) is 5.93. The number of nitrogens with one attached hydrogen (secondary N) is 1. The van der Waals surface area contributed by atoms with Gasteiger partial charge in [0.05, 0.1) is 0 Å². The van der Waals surface area contributed by atoms with E-state index >= 15 is 0 Å². The summed E-state index contributed by atoms with van der Waals surface area (Å²) in [6, 6.07) is 0.801. The Balaban J connectivity index is 2.51. The second-order valence-corrected chi connectivity index (χ2v) is 6.96. The Kier molecular flexibility index (Phi) is 10.4. The number of hydrogen-bond acceptors (Lipinski definition) is 1. The van der Waals surface area contributed by atoms with Crippen LogP contribution >= 0.6 is 0 Å². The van der Waals surface area contributed by atoms with Crippen molar-refractivity contribution >= 4 is 0 Å². The summed E-state index contributed by atoms with van der Waals surface area (Å²) in [7, 11) is 0. The molecule has 1 aliphatic rings. The van der Waals surface area contributed by atoms with Gasteiger partial charge in [0.25, 0.3) is 0 Å². The highest BCUT2D eigenvalue weighted by molar-refractivity contribution is 4.81. The molecule has 2 atom stereocenters. The summed E-state index contributed by atoms with van der Waals surface area (Å²) in [6.45, 7) is 8.23. The van der Waals surface area contributed by atoms with Crippen LogP contribution in [0.5, 0.6) is 0 Å². The third-order valence-electron chi connectivity index (χ3n) is 5.26. The molecule has 0 heterocycles. The molecule has 120 valence electrons. The Morgan fingerprint density at radius 3 is 2.20 bits per heavy atom. The predicted molar refractivity (Wildman–Crippen MR) is 91.2 cm³/mol. The molecule has 1 nitrogen and oxygen atoms in total. The van der Waals surface area contributed by atoms with E-state index in [2.05, 4.69) is 26.1 Å². The molecular weight excluding hydrogens is 242 g/mol. The number of unbranched alkanes of at least 4 members (excludes halogenated alkanes) is 1. The average molecular weight is 282 g/mol. The summed E-state index contributed by atoms with van der Waals surface area (Å²) in [6.07, 6.45) is 17.2. The van der Waals surface area contributed by atoms with Crippen molar-refractivity contribution in [1.82, 2.24) is 5.32 Å². The van der Waals surface area contributed by atoms with Gasteiger partial charge in [-0.1, -0.05) is 72.1 Å². The van der Waals surface area contributed by atoms with Crippen LogP contribution in [0.4, 0.5) is 0 Å². The lowest BCUT2D eigenvalue weighted by Crippen LogP contribution is -2.38. The normalized spacial score (nSPS) is 20.6. The minimum absolute atomic E-state index is 0.801. The van der Waals surface area contributed by atoms with E-state index in [1.54, 1.807) is 0 Å². The van der Waals surface area contributed by atoms with E-state index < -0.39 is 0 Å². The van der Waals surface area contributed by atoms with E-state index in [9.17, 15) is 0 Å². The van der Waals surface area contributed by atoms with Crippen LogP contribution in [0.1, 0.15) is 97.8 Å². The van der Waals surface area contributed by atoms with Crippen molar-refractivity contribution in [3.63, 3.8) is 0 Å². The molecular formula is C19H39N. The van der Waals surface area contributed by atoms with E-state index in [4.69, 9.17) is 0 Å². The highest BCUT2D eigenvalue weighted by Gasteiger charge is 2.24. The molecule has 0 aromatic carbocycles. The van der Waals surface area contributed by atoms with Crippen LogP contribution in [0.3, 0.4) is 0 Å². The fourth-order valence-electron chi connectivity index (χ4n) is 3.83. The molecule has 0 aliphatic heterocycles. The summed E-state index contributed by atoms with van der Waals surface area (Å²) >= 11 is 0. The quantitative estimate of drug-likeness (QED) is 0.489. The van der Waals surface area contributed by atoms with Gasteiger partial charge in [-0.25, -0.2) is 0 Å². The third-order valence-corrected chi connectivity index (χ3v) is 5.26. The topological polar surface area (TPSA) is 12.0 Å². The second kappa shape index (κ2) is 11.6. The Hall–Kier alpha value is -0.0400. The summed E-state index contributed by atoms with van der Waals surface area (Å²) in [5.41, 5.74) is 0. The van der Waals surface area contributed by atoms with Crippen LogP contribution in [0, 0.1) is 11.8 Å². The van der Waals surface area contributed by atoms with Gasteiger partial charge in [-0.15, -0.1) is 0 Å². The maximum Gasteiger partial charge on any atom is 0.00979 e. The molecule has 1 heteroatoms. The van der Waals surface area contributed by atoms with Crippen molar-refractivity contribution in [2.45, 2.75) is 104 Å². The first-order chi connectivity index (χ1) is 9.81. The maximum atomic E-state index is 3.91. The van der Waals surface area contributed by atoms with Crippen LogP contribution in [0.15, 0.2) is 0 Å². The van der Waals surface area contributed by atoms with Gasteiger partial charge in [0, 0.05) is 6.04 Å². The zero-order chi connectivity index (χ0) is 14.6. The molecule has 1 aliphatic carbocycles. The molecule has 1 fully saturated rings. The fraction of sp³-hybridized carbons (Fsp3) is 1.00. The minimum Gasteiger partial charge on any atom is -0.314 e. The molecule has 1 N–H and O–H groups in total. The third kappa shape index (κ3) is 7.11. The SMILES string of the molecule is CCCCC(CC)CC(NCCC)C1CCCCCC1. The van der Waals surface area contributed by atoms with Crippen molar-refractivity contribution in [2.75, 3.05) is 6.54 Å². The van der Waals surface area contributed by atoms with Gasteiger partial charge in [0.1, 0.15) is 0 Å². The lowest BCUT2D eigenvalue weighted by Gasteiger charge is -2.30. The van der Waals surface area contributed by atoms with Gasteiger partial charge in [-0.05, 0) is 44.1 Å². The van der Waals surface area contributed by atoms with Crippen LogP contribution in [-0.4, -0.2) is 12.6 Å². The first-order valence-electron chi connectivity index (χ1n) is 9.55. The molecule has 0 radical (unpaired) electrons. The largest absolute Gasteiger partial charge is 0.314 e. The van der Waals surface area contributed by atoms with Crippen LogP contribution in [0.25, 0.3) is 0 Å². The zero-order valence-corrected chi connectivity index (χ0v) is 14.4. The molecule has 1 rings (SSSR count). The Morgan fingerprint density at radius 2 is 1.65 bits per heavy atom. The van der Waals surface area contributed by atoms with Crippen LogP contribution < -0.4 is 5.32 Å². The molecule has 0 aromatic rings. The molecule has 0 bridgehead atoms. The van der Waals surface area contributed by atoms with Gasteiger partial charge in [-0.3, -0.25) is 0 Å². The first kappa shape index (κ1) is 18.0. The zero-order valence-electron chi connectivity index (χ0n) is 14.4. The van der Waals surface area contributed by atoms with Crippen molar-refractivity contribution in [1.29, 1.82) is 0 Å². The Bertz CT molecular complexity index is 206. The Labute approximate surface area is 128 Å². The summed E-state index contributed by atoms with van der Waals surface area (Å²) < 4.78 is 0. The van der Waals surface area contributed by atoms with E-state index in [1.807, 2.05) is 0 Å². The molecule has 2 unspecified atom stereocenters. The van der Waals surface area contributed by atoms with Crippen molar-refractivity contribution in [2.24, 2.45) is 11.8 Å². The van der Waals surface area contributed by atoms with Crippen LogP contribution in [0.2, 0.25) is 0 Å².